The molecule has 174 valence electrons. The molecule has 34 heavy (non-hydrogen) atoms. The minimum absolute atomic E-state index is 0.169. The van der Waals surface area contributed by atoms with Crippen molar-refractivity contribution in [3.63, 3.8) is 0 Å². The summed E-state index contributed by atoms with van der Waals surface area (Å²) in [5.74, 6) is 0.420. The average Bonchev–Trinajstić information content (AvgIpc) is 3.61. The minimum atomic E-state index is -0.284. The molecule has 0 amide bonds. The quantitative estimate of drug-likeness (QED) is 0.342. The maximum absolute atomic E-state index is 13.7. The predicted octanol–water partition coefficient (Wildman–Crippen LogP) is 6.24. The van der Waals surface area contributed by atoms with E-state index in [4.69, 9.17) is 19.6 Å². The third-order valence-corrected chi connectivity index (χ3v) is 6.79. The van der Waals surface area contributed by atoms with Crippen molar-refractivity contribution < 1.29 is 13.9 Å². The van der Waals surface area contributed by atoms with Crippen molar-refractivity contribution in [3.05, 3.63) is 60.5 Å². The Labute approximate surface area is 197 Å². The lowest BCUT2D eigenvalue weighted by atomic mass is 10.0. The number of nitrogens with zero attached hydrogens (tertiary/aromatic N) is 4. The van der Waals surface area contributed by atoms with E-state index in [0.29, 0.717) is 17.6 Å². The third kappa shape index (κ3) is 4.11. The van der Waals surface area contributed by atoms with Crippen molar-refractivity contribution in [2.45, 2.75) is 63.6 Å². The van der Waals surface area contributed by atoms with Crippen molar-refractivity contribution in [1.82, 2.24) is 19.6 Å². The summed E-state index contributed by atoms with van der Waals surface area (Å²) >= 11 is 0. The Kier molecular flexibility index (Phi) is 5.61. The monoisotopic (exact) mass is 458 g/mol. The fourth-order valence-electron chi connectivity index (χ4n) is 5.07. The summed E-state index contributed by atoms with van der Waals surface area (Å²) < 4.78 is 27.9. The van der Waals surface area contributed by atoms with E-state index in [9.17, 15) is 4.39 Å². The smallest absolute Gasteiger partial charge is 0.317 e. The van der Waals surface area contributed by atoms with Gasteiger partial charge in [0.1, 0.15) is 23.7 Å². The summed E-state index contributed by atoms with van der Waals surface area (Å²) in [4.78, 5) is 9.12. The number of rotatable bonds is 6. The molecule has 7 heteroatoms. The average molecular weight is 459 g/mol. The van der Waals surface area contributed by atoms with Crippen molar-refractivity contribution in [2.75, 3.05) is 0 Å². The first-order valence-corrected chi connectivity index (χ1v) is 12.2. The van der Waals surface area contributed by atoms with Gasteiger partial charge in [-0.15, -0.1) is 0 Å². The van der Waals surface area contributed by atoms with Gasteiger partial charge in [-0.3, -0.25) is 0 Å². The summed E-state index contributed by atoms with van der Waals surface area (Å²) in [6.07, 6.45) is 11.0. The van der Waals surface area contributed by atoms with Crippen LogP contribution in [-0.4, -0.2) is 31.8 Å². The largest absolute Gasteiger partial charge is 0.474 e. The lowest BCUT2D eigenvalue weighted by molar-refractivity contribution is 0.192. The van der Waals surface area contributed by atoms with Gasteiger partial charge >= 0.3 is 6.01 Å². The number of ether oxygens (including phenoxy) is 2. The fourth-order valence-corrected chi connectivity index (χ4v) is 5.07. The molecule has 0 saturated heterocycles. The van der Waals surface area contributed by atoms with Gasteiger partial charge < -0.3 is 9.47 Å². The van der Waals surface area contributed by atoms with Gasteiger partial charge in [0.05, 0.1) is 16.8 Å². The SMILES string of the molecule is Fc1ccc(-c2nn3c(OC4CCCC4)cccc3c2-c2ccnc(OC3CCCC3)n2)cc1. The maximum Gasteiger partial charge on any atom is 0.317 e. The van der Waals surface area contributed by atoms with Crippen molar-refractivity contribution in [3.8, 4) is 34.4 Å². The number of aromatic nitrogens is 4. The van der Waals surface area contributed by atoms with Crippen LogP contribution < -0.4 is 9.47 Å². The van der Waals surface area contributed by atoms with E-state index in [-0.39, 0.29) is 18.0 Å². The Morgan fingerprint density at radius 3 is 2.26 bits per heavy atom. The summed E-state index contributed by atoms with van der Waals surface area (Å²) in [6.45, 7) is 0. The molecule has 2 aliphatic carbocycles. The molecule has 0 aliphatic heterocycles. The van der Waals surface area contributed by atoms with Crippen molar-refractivity contribution in [1.29, 1.82) is 0 Å². The van der Waals surface area contributed by atoms with Crippen LogP contribution in [0, 0.1) is 5.82 Å². The number of halogens is 1. The lowest BCUT2D eigenvalue weighted by Crippen LogP contribution is -2.13. The predicted molar refractivity (Wildman–Crippen MR) is 127 cm³/mol. The van der Waals surface area contributed by atoms with Crippen LogP contribution in [0.3, 0.4) is 0 Å². The van der Waals surface area contributed by atoms with E-state index in [0.717, 1.165) is 48.0 Å². The minimum Gasteiger partial charge on any atom is -0.474 e. The summed E-state index contributed by atoms with van der Waals surface area (Å²) in [7, 11) is 0. The Balaban J connectivity index is 1.47. The van der Waals surface area contributed by atoms with Crippen molar-refractivity contribution >= 4 is 5.52 Å². The highest BCUT2D eigenvalue weighted by atomic mass is 19.1. The number of pyridine rings is 1. The number of hydrogen-bond acceptors (Lipinski definition) is 5. The molecule has 3 heterocycles. The Morgan fingerprint density at radius 1 is 0.824 bits per heavy atom. The lowest BCUT2D eigenvalue weighted by Gasteiger charge is -2.14. The van der Waals surface area contributed by atoms with Crippen LogP contribution in [0.25, 0.3) is 28.0 Å². The second kappa shape index (κ2) is 9.05. The molecule has 0 unspecified atom stereocenters. The molecule has 0 spiro atoms. The highest BCUT2D eigenvalue weighted by molar-refractivity contribution is 5.91. The number of benzene rings is 1. The molecular formula is C27H27FN4O2. The van der Waals surface area contributed by atoms with Crippen LogP contribution >= 0.6 is 0 Å². The molecule has 0 bridgehead atoms. The van der Waals surface area contributed by atoms with Gasteiger partial charge in [0.2, 0.25) is 5.88 Å². The molecule has 2 saturated carbocycles. The van der Waals surface area contributed by atoms with Crippen LogP contribution in [0.15, 0.2) is 54.7 Å². The second-order valence-electron chi connectivity index (χ2n) is 9.16. The van der Waals surface area contributed by atoms with Crippen LogP contribution in [-0.2, 0) is 0 Å². The molecular weight excluding hydrogens is 431 g/mol. The first-order chi connectivity index (χ1) is 16.7. The molecule has 6 rings (SSSR count). The summed E-state index contributed by atoms with van der Waals surface area (Å²) in [5, 5.41) is 4.93. The second-order valence-corrected chi connectivity index (χ2v) is 9.16. The van der Waals surface area contributed by atoms with Crippen LogP contribution in [0.1, 0.15) is 51.4 Å². The molecule has 1 aromatic carbocycles. The van der Waals surface area contributed by atoms with Crippen LogP contribution in [0.5, 0.6) is 11.9 Å². The molecule has 0 radical (unpaired) electrons. The molecule has 0 N–H and O–H groups in total. The van der Waals surface area contributed by atoms with Gasteiger partial charge in [-0.1, -0.05) is 6.07 Å². The molecule has 0 atom stereocenters. The van der Waals surface area contributed by atoms with Crippen molar-refractivity contribution in [2.24, 2.45) is 0 Å². The maximum atomic E-state index is 13.7. The van der Waals surface area contributed by atoms with E-state index in [2.05, 4.69) is 4.98 Å². The third-order valence-electron chi connectivity index (χ3n) is 6.79. The zero-order chi connectivity index (χ0) is 22.9. The summed E-state index contributed by atoms with van der Waals surface area (Å²) in [6, 6.07) is 14.6. The van der Waals surface area contributed by atoms with Gasteiger partial charge in [-0.25, -0.2) is 9.37 Å². The molecule has 4 aromatic rings. The number of hydrogen-bond donors (Lipinski definition) is 0. The molecule has 2 aliphatic rings. The van der Waals surface area contributed by atoms with Gasteiger partial charge in [-0.2, -0.15) is 14.6 Å². The topological polar surface area (TPSA) is 61.5 Å². The van der Waals surface area contributed by atoms with E-state index in [1.807, 2.05) is 28.8 Å². The van der Waals surface area contributed by atoms with Gasteiger partial charge in [-0.05, 0) is 87.8 Å². The number of fused-ring (bicyclic) bond motifs is 1. The fraction of sp³-hybridized carbons (Fsp3) is 0.370. The Morgan fingerprint density at radius 2 is 1.53 bits per heavy atom. The van der Waals surface area contributed by atoms with Gasteiger partial charge in [0, 0.05) is 17.8 Å². The zero-order valence-corrected chi connectivity index (χ0v) is 19.0. The van der Waals surface area contributed by atoms with Crippen LogP contribution in [0.4, 0.5) is 4.39 Å². The van der Waals surface area contributed by atoms with E-state index in [1.165, 1.54) is 37.8 Å². The van der Waals surface area contributed by atoms with E-state index >= 15 is 0 Å². The molecule has 2 fully saturated rings. The summed E-state index contributed by atoms with van der Waals surface area (Å²) in [5.41, 5.74) is 3.97. The van der Waals surface area contributed by atoms with E-state index in [1.54, 1.807) is 18.3 Å². The molecule has 3 aromatic heterocycles. The molecule has 6 nitrogen and oxygen atoms in total. The van der Waals surface area contributed by atoms with Crippen LogP contribution in [0.2, 0.25) is 0 Å². The Hall–Kier alpha value is -3.48. The standard InChI is InChI=1S/C27H27FN4O2/c28-19-14-12-18(13-15-19)26-25(22-16-17-29-27(30-22)34-21-8-3-4-9-21)23-10-5-11-24(32(23)31-26)33-20-6-1-2-7-20/h5,10-17,20-21H,1-4,6-9H2. The zero-order valence-electron chi connectivity index (χ0n) is 19.0. The highest BCUT2D eigenvalue weighted by Gasteiger charge is 2.23. The Bertz CT molecular complexity index is 1290. The first-order valence-electron chi connectivity index (χ1n) is 12.2. The van der Waals surface area contributed by atoms with E-state index < -0.39 is 0 Å². The normalized spacial score (nSPS) is 17.0. The van der Waals surface area contributed by atoms with Gasteiger partial charge in [0.15, 0.2) is 0 Å². The van der Waals surface area contributed by atoms with Gasteiger partial charge in [0.25, 0.3) is 0 Å². The highest BCUT2D eigenvalue weighted by Crippen LogP contribution is 2.37. The first kappa shape index (κ1) is 21.1.